The summed E-state index contributed by atoms with van der Waals surface area (Å²) in [5.74, 6) is -0.112. The van der Waals surface area contributed by atoms with E-state index >= 15 is 0 Å². The van der Waals surface area contributed by atoms with Crippen molar-refractivity contribution >= 4 is 15.5 Å². The fraction of sp³-hybridized carbons (Fsp3) is 0.625. The van der Waals surface area contributed by atoms with E-state index in [1.807, 2.05) is 0 Å². The highest BCUT2D eigenvalue weighted by Crippen LogP contribution is 2.04. The average molecular weight is 249 g/mol. The smallest absolute Gasteiger partial charge is 0.290 e. The van der Waals surface area contributed by atoms with E-state index in [1.54, 1.807) is 0 Å². The van der Waals surface area contributed by atoms with Gasteiger partial charge in [-0.05, 0) is 0 Å². The fourth-order valence-electron chi connectivity index (χ4n) is 1.22. The molecule has 1 rings (SSSR count). The van der Waals surface area contributed by atoms with Crippen molar-refractivity contribution in [2.75, 3.05) is 24.9 Å². The van der Waals surface area contributed by atoms with Crippen LogP contribution in [0.5, 0.6) is 0 Å². The Hall–Kier alpha value is -1.28. The van der Waals surface area contributed by atoms with Gasteiger partial charge in [0.1, 0.15) is 15.5 Å². The van der Waals surface area contributed by atoms with Crippen molar-refractivity contribution in [2.45, 2.75) is 13.2 Å². The first kappa shape index (κ1) is 12.8. The van der Waals surface area contributed by atoms with Gasteiger partial charge in [-0.1, -0.05) is 0 Å². The molecule has 3 N–H and O–H groups in total. The molecule has 92 valence electrons. The maximum absolute atomic E-state index is 11.5. The minimum absolute atomic E-state index is 0.0611. The number of hydrogen-bond donors (Lipinski definition) is 2. The summed E-state index contributed by atoms with van der Waals surface area (Å²) in [4.78, 5) is 11.5. The zero-order chi connectivity index (χ0) is 12.3. The number of nitrogens with one attached hydrogen (secondary N) is 1. The van der Waals surface area contributed by atoms with Crippen LogP contribution in [-0.2, 0) is 27.7 Å². The van der Waals surface area contributed by atoms with Gasteiger partial charge in [0.2, 0.25) is 0 Å². The van der Waals surface area contributed by atoms with Crippen LogP contribution in [0, 0.1) is 0 Å². The van der Waals surface area contributed by atoms with E-state index in [1.165, 1.54) is 11.8 Å². The molecule has 0 unspecified atom stereocenters. The number of anilines is 1. The number of methoxy groups -OCH3 is 1. The Morgan fingerprint density at radius 1 is 1.50 bits per heavy atom. The Labute approximate surface area is 93.1 Å². The standard InChI is InChI=1S/C8H15N3O4S/c1-15-5-6-7(9)8(12)11(10-6)3-4-16(2,13)14/h10H,3-5,9H2,1-2H3. The van der Waals surface area contributed by atoms with E-state index < -0.39 is 15.4 Å². The van der Waals surface area contributed by atoms with Crippen LogP contribution in [0.3, 0.4) is 0 Å². The van der Waals surface area contributed by atoms with Gasteiger partial charge in [-0.25, -0.2) is 8.42 Å². The molecule has 0 aliphatic heterocycles. The number of sulfone groups is 1. The fourth-order valence-corrected chi connectivity index (χ4v) is 1.73. The largest absolute Gasteiger partial charge is 0.393 e. The van der Waals surface area contributed by atoms with Gasteiger partial charge in [0.15, 0.2) is 0 Å². The highest BCUT2D eigenvalue weighted by atomic mass is 32.2. The molecule has 0 aliphatic rings. The predicted molar refractivity (Wildman–Crippen MR) is 59.9 cm³/mol. The van der Waals surface area contributed by atoms with Gasteiger partial charge in [0.25, 0.3) is 5.56 Å². The number of aryl methyl sites for hydroxylation is 1. The van der Waals surface area contributed by atoms with E-state index in [2.05, 4.69) is 5.10 Å². The zero-order valence-corrected chi connectivity index (χ0v) is 10.0. The molecular weight excluding hydrogens is 234 g/mol. The van der Waals surface area contributed by atoms with Gasteiger partial charge < -0.3 is 10.5 Å². The predicted octanol–water partition coefficient (Wildman–Crippen LogP) is -1.05. The Morgan fingerprint density at radius 2 is 2.12 bits per heavy atom. The number of nitrogen functional groups attached to an aromatic ring is 1. The Morgan fingerprint density at radius 3 is 2.62 bits per heavy atom. The number of hydrogen-bond acceptors (Lipinski definition) is 5. The summed E-state index contributed by atoms with van der Waals surface area (Å²) in [6.45, 7) is 0.249. The van der Waals surface area contributed by atoms with Crippen LogP contribution in [0.1, 0.15) is 5.69 Å². The lowest BCUT2D eigenvalue weighted by Gasteiger charge is -2.00. The molecule has 0 fully saturated rings. The van der Waals surface area contributed by atoms with Gasteiger partial charge >= 0.3 is 0 Å². The normalized spacial score (nSPS) is 11.9. The van der Waals surface area contributed by atoms with Crippen LogP contribution < -0.4 is 11.3 Å². The van der Waals surface area contributed by atoms with Crippen LogP contribution in [0.25, 0.3) is 0 Å². The summed E-state index contributed by atoms with van der Waals surface area (Å²) in [5.41, 5.74) is 5.64. The molecule has 0 saturated carbocycles. The third kappa shape index (κ3) is 3.11. The quantitative estimate of drug-likeness (QED) is 0.692. The first-order valence-corrected chi connectivity index (χ1v) is 6.65. The van der Waals surface area contributed by atoms with Gasteiger partial charge in [0.05, 0.1) is 24.6 Å². The van der Waals surface area contributed by atoms with Crippen LogP contribution in [0.4, 0.5) is 5.69 Å². The molecule has 1 heterocycles. The van der Waals surface area contributed by atoms with Gasteiger partial charge in [-0.2, -0.15) is 0 Å². The molecule has 0 aromatic carbocycles. The van der Waals surface area contributed by atoms with Crippen molar-refractivity contribution in [2.24, 2.45) is 0 Å². The second kappa shape index (κ2) is 4.71. The minimum atomic E-state index is -3.11. The Balaban J connectivity index is 2.90. The molecule has 0 radical (unpaired) electrons. The molecule has 0 spiro atoms. The van der Waals surface area contributed by atoms with E-state index in [-0.39, 0.29) is 24.6 Å². The molecule has 7 nitrogen and oxygen atoms in total. The van der Waals surface area contributed by atoms with E-state index in [4.69, 9.17) is 10.5 Å². The first-order valence-electron chi connectivity index (χ1n) is 4.59. The highest BCUT2D eigenvalue weighted by Gasteiger charge is 2.12. The lowest BCUT2D eigenvalue weighted by molar-refractivity contribution is 0.181. The molecule has 1 aromatic heterocycles. The third-order valence-corrected chi connectivity index (χ3v) is 2.97. The second-order valence-electron chi connectivity index (χ2n) is 3.52. The Kier molecular flexibility index (Phi) is 3.76. The molecule has 1 aromatic rings. The Bertz CT molecular complexity index is 514. The maximum Gasteiger partial charge on any atom is 0.290 e. The number of H-pyrrole nitrogens is 1. The second-order valence-corrected chi connectivity index (χ2v) is 5.78. The third-order valence-electron chi connectivity index (χ3n) is 2.04. The topological polar surface area (TPSA) is 107 Å². The van der Waals surface area contributed by atoms with Crippen LogP contribution in [0.15, 0.2) is 4.79 Å². The number of ether oxygens (including phenoxy) is 1. The number of nitrogens with two attached hydrogens (primary N) is 1. The van der Waals surface area contributed by atoms with E-state index in [9.17, 15) is 13.2 Å². The monoisotopic (exact) mass is 249 g/mol. The SMILES string of the molecule is COCc1[nH]n(CCS(C)(=O)=O)c(=O)c1N. The molecule has 0 amide bonds. The molecule has 0 saturated heterocycles. The zero-order valence-electron chi connectivity index (χ0n) is 9.19. The lowest BCUT2D eigenvalue weighted by atomic mass is 10.4. The molecule has 0 aliphatic carbocycles. The number of aromatic nitrogens is 2. The minimum Gasteiger partial charge on any atom is -0.393 e. The number of nitrogens with zero attached hydrogens (tertiary/aromatic N) is 1. The summed E-state index contributed by atoms with van der Waals surface area (Å²) in [6, 6.07) is 0. The summed E-state index contributed by atoms with van der Waals surface area (Å²) in [7, 11) is -1.63. The average Bonchev–Trinajstić information content (AvgIpc) is 2.43. The van der Waals surface area contributed by atoms with Crippen molar-refractivity contribution in [3.8, 4) is 0 Å². The van der Waals surface area contributed by atoms with Crippen LogP contribution in [0.2, 0.25) is 0 Å². The first-order chi connectivity index (χ1) is 7.35. The number of rotatable bonds is 5. The van der Waals surface area contributed by atoms with Gasteiger partial charge in [-0.15, -0.1) is 0 Å². The van der Waals surface area contributed by atoms with Crippen molar-refractivity contribution in [1.29, 1.82) is 0 Å². The molecule has 0 atom stereocenters. The van der Waals surface area contributed by atoms with Crippen molar-refractivity contribution in [3.05, 3.63) is 16.0 Å². The van der Waals surface area contributed by atoms with E-state index in [0.717, 1.165) is 6.26 Å². The lowest BCUT2D eigenvalue weighted by Crippen LogP contribution is -2.22. The highest BCUT2D eigenvalue weighted by molar-refractivity contribution is 7.90. The van der Waals surface area contributed by atoms with Crippen LogP contribution >= 0.6 is 0 Å². The van der Waals surface area contributed by atoms with Crippen molar-refractivity contribution < 1.29 is 13.2 Å². The maximum atomic E-state index is 11.5. The van der Waals surface area contributed by atoms with Gasteiger partial charge in [-0.3, -0.25) is 14.6 Å². The molecule has 8 heteroatoms. The molecule has 0 bridgehead atoms. The molecule has 16 heavy (non-hydrogen) atoms. The summed E-state index contributed by atoms with van der Waals surface area (Å²) in [6.07, 6.45) is 1.11. The summed E-state index contributed by atoms with van der Waals surface area (Å²) >= 11 is 0. The number of aromatic amines is 1. The molecular formula is C8H15N3O4S. The van der Waals surface area contributed by atoms with Crippen LogP contribution in [-0.4, -0.2) is 37.3 Å². The van der Waals surface area contributed by atoms with Crippen molar-refractivity contribution in [3.63, 3.8) is 0 Å². The summed E-state index contributed by atoms with van der Waals surface area (Å²) in [5, 5.41) is 2.71. The summed E-state index contributed by atoms with van der Waals surface area (Å²) < 4.78 is 27.9. The van der Waals surface area contributed by atoms with Gasteiger partial charge in [0, 0.05) is 13.4 Å². The van der Waals surface area contributed by atoms with Crippen molar-refractivity contribution in [1.82, 2.24) is 9.78 Å². The van der Waals surface area contributed by atoms with E-state index in [0.29, 0.717) is 5.69 Å².